The molecule has 0 radical (unpaired) electrons. The molecule has 1 atom stereocenters. The number of amides is 1. The molecule has 1 rings (SSSR count). The molecule has 1 fully saturated rings. The molecule has 1 N–H and O–H groups in total. The van der Waals surface area contributed by atoms with Crippen LogP contribution in [-0.2, 0) is 4.79 Å². The second-order valence-electron chi connectivity index (χ2n) is 6.40. The van der Waals surface area contributed by atoms with Gasteiger partial charge in [-0.05, 0) is 31.1 Å². The lowest BCUT2D eigenvalue weighted by molar-refractivity contribution is -0.132. The first-order valence-corrected chi connectivity index (χ1v) is 8.41. The van der Waals surface area contributed by atoms with Crippen LogP contribution in [-0.4, -0.2) is 16.8 Å². The van der Waals surface area contributed by atoms with Crippen molar-refractivity contribution in [2.24, 2.45) is 11.3 Å². The van der Waals surface area contributed by atoms with Crippen molar-refractivity contribution in [1.29, 1.82) is 0 Å². The largest absolute Gasteiger partial charge is 0.350 e. The van der Waals surface area contributed by atoms with E-state index in [1.54, 1.807) is 0 Å². The van der Waals surface area contributed by atoms with Gasteiger partial charge in [-0.25, -0.2) is 0 Å². The van der Waals surface area contributed by atoms with Crippen molar-refractivity contribution in [3.8, 4) is 0 Å². The Kier molecular flexibility index (Phi) is 5.69. The molecule has 1 unspecified atom stereocenters. The molecule has 1 amide bonds. The topological polar surface area (TPSA) is 29.1 Å². The maximum atomic E-state index is 12.6. The van der Waals surface area contributed by atoms with Crippen molar-refractivity contribution < 1.29 is 4.79 Å². The molecule has 0 aromatic rings. The number of carbonyl (C=O) groups is 1. The molecular formula is C15H28BrNO. The first-order chi connectivity index (χ1) is 8.40. The molecular weight excluding hydrogens is 290 g/mol. The predicted molar refractivity (Wildman–Crippen MR) is 81.0 cm³/mol. The summed E-state index contributed by atoms with van der Waals surface area (Å²) in [7, 11) is 0. The van der Waals surface area contributed by atoms with E-state index in [1.807, 2.05) is 0 Å². The van der Waals surface area contributed by atoms with E-state index < -0.39 is 0 Å². The molecule has 0 aromatic carbocycles. The van der Waals surface area contributed by atoms with Crippen LogP contribution in [0, 0.1) is 11.3 Å². The molecule has 1 aliphatic carbocycles. The third-order valence-electron chi connectivity index (χ3n) is 4.82. The van der Waals surface area contributed by atoms with Crippen LogP contribution in [0.3, 0.4) is 0 Å². The highest BCUT2D eigenvalue weighted by atomic mass is 79.9. The fourth-order valence-corrected chi connectivity index (χ4v) is 3.91. The Morgan fingerprint density at radius 2 is 1.94 bits per heavy atom. The molecule has 18 heavy (non-hydrogen) atoms. The van der Waals surface area contributed by atoms with Crippen molar-refractivity contribution in [2.45, 2.75) is 71.8 Å². The maximum absolute atomic E-state index is 12.6. The molecule has 3 heteroatoms. The van der Waals surface area contributed by atoms with Gasteiger partial charge in [0.2, 0.25) is 5.91 Å². The average Bonchev–Trinajstić information content (AvgIpc) is 2.35. The van der Waals surface area contributed by atoms with Crippen LogP contribution < -0.4 is 5.32 Å². The normalized spacial score (nSPS) is 23.7. The summed E-state index contributed by atoms with van der Waals surface area (Å²) < 4.78 is 0. The summed E-state index contributed by atoms with van der Waals surface area (Å²) in [6.45, 7) is 8.78. The van der Waals surface area contributed by atoms with Crippen LogP contribution in [0.25, 0.3) is 0 Å². The summed E-state index contributed by atoms with van der Waals surface area (Å²) in [5.74, 6) is 0.450. The number of alkyl halides is 1. The van der Waals surface area contributed by atoms with E-state index in [4.69, 9.17) is 0 Å². The fourth-order valence-electron chi connectivity index (χ4n) is 2.98. The first kappa shape index (κ1) is 16.0. The molecule has 1 aliphatic rings. The highest BCUT2D eigenvalue weighted by Crippen LogP contribution is 2.41. The first-order valence-electron chi connectivity index (χ1n) is 7.29. The van der Waals surface area contributed by atoms with Crippen LogP contribution >= 0.6 is 15.9 Å². The zero-order chi connectivity index (χ0) is 13.8. The van der Waals surface area contributed by atoms with Gasteiger partial charge in [-0.2, -0.15) is 0 Å². The maximum Gasteiger partial charge on any atom is 0.224 e. The second kappa shape index (κ2) is 6.40. The van der Waals surface area contributed by atoms with Gasteiger partial charge in [0.05, 0.1) is 0 Å². The lowest BCUT2D eigenvalue weighted by Crippen LogP contribution is -2.53. The molecule has 0 aliphatic heterocycles. The van der Waals surface area contributed by atoms with E-state index in [2.05, 4.69) is 48.9 Å². The van der Waals surface area contributed by atoms with E-state index in [0.29, 0.717) is 0 Å². The van der Waals surface area contributed by atoms with E-state index in [-0.39, 0.29) is 22.8 Å². The lowest BCUT2D eigenvalue weighted by Gasteiger charge is -2.40. The van der Waals surface area contributed by atoms with Crippen LogP contribution in [0.5, 0.6) is 0 Å². The number of halogens is 1. The molecule has 106 valence electrons. The Bertz CT molecular complexity index is 276. The summed E-state index contributed by atoms with van der Waals surface area (Å²) in [5, 5.41) is 4.16. The van der Waals surface area contributed by atoms with Crippen molar-refractivity contribution in [3.05, 3.63) is 0 Å². The Morgan fingerprint density at radius 1 is 1.33 bits per heavy atom. The molecule has 1 saturated carbocycles. The zero-order valence-electron chi connectivity index (χ0n) is 12.3. The SMILES string of the molecule is CCC(CC)(CBr)NC(=O)C1CCCCC1(C)C. The monoisotopic (exact) mass is 317 g/mol. The lowest BCUT2D eigenvalue weighted by atomic mass is 9.68. The molecule has 2 nitrogen and oxygen atoms in total. The third kappa shape index (κ3) is 3.49. The van der Waals surface area contributed by atoms with Gasteiger partial charge in [-0.15, -0.1) is 0 Å². The van der Waals surface area contributed by atoms with Gasteiger partial charge in [-0.3, -0.25) is 4.79 Å². The summed E-state index contributed by atoms with van der Waals surface area (Å²) >= 11 is 3.56. The number of hydrogen-bond donors (Lipinski definition) is 1. The molecule has 0 bridgehead atoms. The number of rotatable bonds is 5. The van der Waals surface area contributed by atoms with Gasteiger partial charge in [0.1, 0.15) is 0 Å². The van der Waals surface area contributed by atoms with E-state index >= 15 is 0 Å². The molecule has 0 aromatic heterocycles. The number of hydrogen-bond acceptors (Lipinski definition) is 1. The highest BCUT2D eigenvalue weighted by molar-refractivity contribution is 9.09. The van der Waals surface area contributed by atoms with Gasteiger partial charge in [-0.1, -0.05) is 56.5 Å². The van der Waals surface area contributed by atoms with Crippen molar-refractivity contribution in [1.82, 2.24) is 5.32 Å². The van der Waals surface area contributed by atoms with Crippen molar-refractivity contribution in [2.75, 3.05) is 5.33 Å². The van der Waals surface area contributed by atoms with Gasteiger partial charge in [0.25, 0.3) is 0 Å². The summed E-state index contributed by atoms with van der Waals surface area (Å²) in [6.07, 6.45) is 6.64. The summed E-state index contributed by atoms with van der Waals surface area (Å²) in [4.78, 5) is 12.6. The van der Waals surface area contributed by atoms with Crippen LogP contribution in [0.15, 0.2) is 0 Å². The van der Waals surface area contributed by atoms with Gasteiger partial charge >= 0.3 is 0 Å². The predicted octanol–water partition coefficient (Wildman–Crippen LogP) is 4.27. The van der Waals surface area contributed by atoms with Gasteiger partial charge < -0.3 is 5.32 Å². The van der Waals surface area contributed by atoms with Crippen molar-refractivity contribution in [3.63, 3.8) is 0 Å². The van der Waals surface area contributed by atoms with Gasteiger partial charge in [0, 0.05) is 16.8 Å². The Morgan fingerprint density at radius 3 is 2.39 bits per heavy atom. The van der Waals surface area contributed by atoms with Crippen LogP contribution in [0.4, 0.5) is 0 Å². The van der Waals surface area contributed by atoms with Crippen LogP contribution in [0.2, 0.25) is 0 Å². The quantitative estimate of drug-likeness (QED) is 0.754. The fraction of sp³-hybridized carbons (Fsp3) is 0.933. The molecule has 0 heterocycles. The number of carbonyl (C=O) groups excluding carboxylic acids is 1. The minimum absolute atomic E-state index is 0.0649. The summed E-state index contributed by atoms with van der Waals surface area (Å²) in [6, 6.07) is 0. The average molecular weight is 318 g/mol. The smallest absolute Gasteiger partial charge is 0.224 e. The Balaban J connectivity index is 2.74. The molecule has 0 spiro atoms. The standard InChI is InChI=1S/C15H28BrNO/c1-5-15(6-2,11-16)17-13(18)12-9-7-8-10-14(12,3)4/h12H,5-11H2,1-4H3,(H,17,18). The second-order valence-corrected chi connectivity index (χ2v) is 6.96. The zero-order valence-corrected chi connectivity index (χ0v) is 13.9. The Hall–Kier alpha value is -0.0500. The van der Waals surface area contributed by atoms with E-state index in [0.717, 1.165) is 24.6 Å². The van der Waals surface area contributed by atoms with E-state index in [1.165, 1.54) is 19.3 Å². The van der Waals surface area contributed by atoms with Crippen LogP contribution in [0.1, 0.15) is 66.2 Å². The van der Waals surface area contributed by atoms with Crippen molar-refractivity contribution >= 4 is 21.8 Å². The Labute approximate surface area is 120 Å². The summed E-state index contributed by atoms with van der Waals surface area (Å²) in [5.41, 5.74) is 0.0898. The molecule has 0 saturated heterocycles. The highest BCUT2D eigenvalue weighted by Gasteiger charge is 2.39. The third-order valence-corrected chi connectivity index (χ3v) is 5.89. The van der Waals surface area contributed by atoms with E-state index in [9.17, 15) is 4.79 Å². The minimum atomic E-state index is -0.0649. The van der Waals surface area contributed by atoms with Gasteiger partial charge in [0.15, 0.2) is 0 Å². The minimum Gasteiger partial charge on any atom is -0.350 e. The number of nitrogens with one attached hydrogen (secondary N) is 1.